The van der Waals surface area contributed by atoms with Crippen LogP contribution in [0.4, 0.5) is 4.39 Å². The zero-order chi connectivity index (χ0) is 22.8. The molecule has 0 bridgehead atoms. The Morgan fingerprint density at radius 1 is 1.15 bits per heavy atom. The normalized spacial score (nSPS) is 15.6. The van der Waals surface area contributed by atoms with Gasteiger partial charge < -0.3 is 14.5 Å². The lowest BCUT2D eigenvalue weighted by molar-refractivity contribution is 0.0214. The zero-order valence-corrected chi connectivity index (χ0v) is 18.1. The minimum atomic E-state index is -0.483. The number of morpholine rings is 1. The fourth-order valence-corrected chi connectivity index (χ4v) is 4.15. The second kappa shape index (κ2) is 9.08. The predicted molar refractivity (Wildman–Crippen MR) is 119 cm³/mol. The molecule has 1 N–H and O–H groups in total. The van der Waals surface area contributed by atoms with E-state index in [1.54, 1.807) is 30.0 Å². The second-order valence-corrected chi connectivity index (χ2v) is 7.88. The minimum absolute atomic E-state index is 0.208. The number of aromatic nitrogens is 5. The second-order valence-electron chi connectivity index (χ2n) is 7.88. The molecule has 0 radical (unpaired) electrons. The molecule has 1 fully saturated rings. The van der Waals surface area contributed by atoms with Gasteiger partial charge in [0.25, 0.3) is 5.56 Å². The Bertz CT molecular complexity index is 1310. The molecule has 4 aromatic rings. The van der Waals surface area contributed by atoms with E-state index in [1.807, 2.05) is 18.2 Å². The summed E-state index contributed by atoms with van der Waals surface area (Å²) in [6.45, 7) is 2.71. The Hall–Kier alpha value is -3.63. The largest absolute Gasteiger partial charge is 0.497 e. The van der Waals surface area contributed by atoms with Crippen molar-refractivity contribution in [2.45, 2.75) is 12.6 Å². The number of ether oxygens (including phenoxy) is 2. The van der Waals surface area contributed by atoms with Crippen molar-refractivity contribution in [1.82, 2.24) is 30.1 Å². The molecule has 0 unspecified atom stereocenters. The van der Waals surface area contributed by atoms with Crippen LogP contribution in [0.15, 0.2) is 53.3 Å². The van der Waals surface area contributed by atoms with Gasteiger partial charge in [-0.2, -0.15) is 0 Å². The van der Waals surface area contributed by atoms with Gasteiger partial charge >= 0.3 is 0 Å². The van der Waals surface area contributed by atoms with E-state index < -0.39 is 6.04 Å². The highest BCUT2D eigenvalue weighted by molar-refractivity contribution is 5.80. The Balaban J connectivity index is 1.61. The SMILES string of the molecule is COc1ccc2[nH]c(=O)c([C@H](c3nnnn3Cc3ccc(F)cc3)N3CCOCC3)cc2c1. The van der Waals surface area contributed by atoms with E-state index in [0.29, 0.717) is 50.0 Å². The Morgan fingerprint density at radius 2 is 1.94 bits per heavy atom. The van der Waals surface area contributed by atoms with Crippen LogP contribution in [0, 0.1) is 5.82 Å². The molecule has 0 spiro atoms. The van der Waals surface area contributed by atoms with Crippen molar-refractivity contribution in [1.29, 1.82) is 0 Å². The molecular weight excluding hydrogens is 427 g/mol. The Morgan fingerprint density at radius 3 is 2.70 bits per heavy atom. The highest BCUT2D eigenvalue weighted by atomic mass is 19.1. The van der Waals surface area contributed by atoms with Crippen LogP contribution in [0.3, 0.4) is 0 Å². The van der Waals surface area contributed by atoms with Crippen molar-refractivity contribution >= 4 is 10.9 Å². The van der Waals surface area contributed by atoms with Crippen molar-refractivity contribution in [3.05, 3.63) is 81.7 Å². The molecule has 5 rings (SSSR count). The first-order valence-electron chi connectivity index (χ1n) is 10.7. The lowest BCUT2D eigenvalue weighted by Crippen LogP contribution is -2.42. The summed E-state index contributed by atoms with van der Waals surface area (Å²) in [4.78, 5) is 18.3. The lowest BCUT2D eigenvalue weighted by atomic mass is 10.0. The summed E-state index contributed by atoms with van der Waals surface area (Å²) in [6.07, 6.45) is 0. The van der Waals surface area contributed by atoms with Crippen LogP contribution >= 0.6 is 0 Å². The number of benzene rings is 2. The van der Waals surface area contributed by atoms with Crippen LogP contribution in [0.5, 0.6) is 5.75 Å². The number of methoxy groups -OCH3 is 1. The summed E-state index contributed by atoms with van der Waals surface area (Å²) in [7, 11) is 1.61. The Kier molecular flexibility index (Phi) is 5.84. The molecule has 3 heterocycles. The fourth-order valence-electron chi connectivity index (χ4n) is 4.15. The molecule has 1 aliphatic heterocycles. The number of tetrazole rings is 1. The number of hydrogen-bond acceptors (Lipinski definition) is 7. The summed E-state index contributed by atoms with van der Waals surface area (Å²) in [5.74, 6) is 0.929. The predicted octanol–water partition coefficient (Wildman–Crippen LogP) is 2.13. The average Bonchev–Trinajstić information content (AvgIpc) is 3.29. The molecule has 9 nitrogen and oxygen atoms in total. The van der Waals surface area contributed by atoms with Crippen LogP contribution in [0.1, 0.15) is 23.0 Å². The van der Waals surface area contributed by atoms with Gasteiger partial charge in [0, 0.05) is 29.6 Å². The summed E-state index contributed by atoms with van der Waals surface area (Å²) in [5.41, 5.74) is 1.90. The highest BCUT2D eigenvalue weighted by Crippen LogP contribution is 2.28. The number of aromatic amines is 1. The lowest BCUT2D eigenvalue weighted by Gasteiger charge is -2.33. The first-order valence-corrected chi connectivity index (χ1v) is 10.7. The smallest absolute Gasteiger partial charge is 0.253 e. The zero-order valence-electron chi connectivity index (χ0n) is 18.1. The number of nitrogens with zero attached hydrogens (tertiary/aromatic N) is 5. The summed E-state index contributed by atoms with van der Waals surface area (Å²) in [5, 5.41) is 13.2. The molecule has 1 saturated heterocycles. The summed E-state index contributed by atoms with van der Waals surface area (Å²) >= 11 is 0. The van der Waals surface area contributed by atoms with Crippen LogP contribution in [-0.4, -0.2) is 63.5 Å². The first kappa shape index (κ1) is 21.2. The van der Waals surface area contributed by atoms with Crippen molar-refractivity contribution in [3.63, 3.8) is 0 Å². The van der Waals surface area contributed by atoms with Crippen molar-refractivity contribution in [2.24, 2.45) is 0 Å². The van der Waals surface area contributed by atoms with Gasteiger partial charge in [0.1, 0.15) is 17.6 Å². The standard InChI is InChI=1S/C23H23FN6O3/c1-32-18-6-7-20-16(12-18)13-19(23(31)25-20)21(29-8-10-33-11-9-29)22-26-27-28-30(22)14-15-2-4-17(24)5-3-15/h2-7,12-13,21H,8-11,14H2,1H3,(H,25,31)/t21-/m1/s1. The summed E-state index contributed by atoms with van der Waals surface area (Å²) in [6, 6.07) is 13.1. The fraction of sp³-hybridized carbons (Fsp3) is 0.304. The number of pyridine rings is 1. The number of H-pyrrole nitrogens is 1. The maximum atomic E-state index is 13.4. The summed E-state index contributed by atoms with van der Waals surface area (Å²) < 4.78 is 25.9. The van der Waals surface area contributed by atoms with E-state index in [9.17, 15) is 9.18 Å². The van der Waals surface area contributed by atoms with Gasteiger partial charge in [-0.3, -0.25) is 9.69 Å². The van der Waals surface area contributed by atoms with E-state index in [2.05, 4.69) is 25.4 Å². The van der Waals surface area contributed by atoms with Gasteiger partial charge in [0.05, 0.1) is 26.9 Å². The molecule has 1 aliphatic rings. The van der Waals surface area contributed by atoms with E-state index in [0.717, 1.165) is 16.5 Å². The quantitative estimate of drug-likeness (QED) is 0.481. The number of fused-ring (bicyclic) bond motifs is 1. The molecular formula is C23H23FN6O3. The van der Waals surface area contributed by atoms with Gasteiger partial charge in [-0.25, -0.2) is 9.07 Å². The van der Waals surface area contributed by atoms with E-state index in [1.165, 1.54) is 12.1 Å². The van der Waals surface area contributed by atoms with Gasteiger partial charge in [-0.15, -0.1) is 5.10 Å². The minimum Gasteiger partial charge on any atom is -0.497 e. The topological polar surface area (TPSA) is 98.2 Å². The molecule has 170 valence electrons. The molecule has 0 amide bonds. The van der Waals surface area contributed by atoms with Gasteiger partial charge in [0.15, 0.2) is 5.82 Å². The van der Waals surface area contributed by atoms with Crippen molar-refractivity contribution < 1.29 is 13.9 Å². The molecule has 2 aromatic heterocycles. The highest BCUT2D eigenvalue weighted by Gasteiger charge is 2.31. The Labute approximate surface area is 188 Å². The number of nitrogens with one attached hydrogen (secondary N) is 1. The van der Waals surface area contributed by atoms with E-state index >= 15 is 0 Å². The van der Waals surface area contributed by atoms with Gasteiger partial charge in [-0.1, -0.05) is 12.1 Å². The van der Waals surface area contributed by atoms with Crippen LogP contribution in [0.2, 0.25) is 0 Å². The molecule has 2 aromatic carbocycles. The van der Waals surface area contributed by atoms with E-state index in [-0.39, 0.29) is 11.4 Å². The third kappa shape index (κ3) is 4.35. The molecule has 0 saturated carbocycles. The first-order chi connectivity index (χ1) is 16.1. The maximum Gasteiger partial charge on any atom is 0.253 e. The molecule has 1 atom stereocenters. The van der Waals surface area contributed by atoms with Gasteiger partial charge in [-0.05, 0) is 52.4 Å². The third-order valence-electron chi connectivity index (χ3n) is 5.84. The molecule has 0 aliphatic carbocycles. The van der Waals surface area contributed by atoms with E-state index in [4.69, 9.17) is 9.47 Å². The van der Waals surface area contributed by atoms with Crippen LogP contribution in [-0.2, 0) is 11.3 Å². The monoisotopic (exact) mass is 450 g/mol. The number of rotatable bonds is 6. The van der Waals surface area contributed by atoms with Crippen molar-refractivity contribution in [2.75, 3.05) is 33.4 Å². The maximum absolute atomic E-state index is 13.4. The number of hydrogen-bond donors (Lipinski definition) is 1. The van der Waals surface area contributed by atoms with Gasteiger partial charge in [0.2, 0.25) is 0 Å². The van der Waals surface area contributed by atoms with Crippen LogP contribution < -0.4 is 10.3 Å². The number of halogens is 1. The van der Waals surface area contributed by atoms with Crippen LogP contribution in [0.25, 0.3) is 10.9 Å². The van der Waals surface area contributed by atoms with Crippen molar-refractivity contribution in [3.8, 4) is 5.75 Å². The molecule has 33 heavy (non-hydrogen) atoms. The average molecular weight is 450 g/mol. The molecule has 10 heteroatoms. The third-order valence-corrected chi connectivity index (χ3v) is 5.84.